The van der Waals surface area contributed by atoms with Crippen molar-refractivity contribution in [2.45, 2.75) is 82.9 Å². The summed E-state index contributed by atoms with van der Waals surface area (Å²) in [6.07, 6.45) is 1.86. The molecule has 9 atom stereocenters. The first-order valence-corrected chi connectivity index (χ1v) is 10.3. The second-order valence-electron chi connectivity index (χ2n) is 9.98. The summed E-state index contributed by atoms with van der Waals surface area (Å²) < 4.78 is 5.84. The molecule has 0 amide bonds. The number of aliphatic carboxylic acids is 1. The lowest BCUT2D eigenvalue weighted by atomic mass is 9.47. The highest BCUT2D eigenvalue weighted by Gasteiger charge is 2.71. The fourth-order valence-corrected chi connectivity index (χ4v) is 6.69. The van der Waals surface area contributed by atoms with Crippen LogP contribution in [-0.4, -0.2) is 56.4 Å². The van der Waals surface area contributed by atoms with Gasteiger partial charge in [0.2, 0.25) is 0 Å². The van der Waals surface area contributed by atoms with Gasteiger partial charge < -0.3 is 25.2 Å². The molecule has 0 bridgehead atoms. The van der Waals surface area contributed by atoms with Crippen LogP contribution in [0.5, 0.6) is 0 Å². The number of hydrogen-bond donors (Lipinski definition) is 4. The van der Waals surface area contributed by atoms with Gasteiger partial charge in [0.05, 0.1) is 5.41 Å². The molecule has 1 saturated heterocycles. The minimum Gasteiger partial charge on any atom is -0.481 e. The highest BCUT2D eigenvalue weighted by atomic mass is 16.6. The average molecular weight is 392 g/mol. The standard InChI is InChI=1S/C22H32O6/c1-11-6-7-14-20(3,8-5-9-21(14,4)19(26)27)13(11)10-22-17(25)15(23)12(2)16(24)18(22)28-22/h6,13-18,23-25H,2,5,7-10H2,1,3-4H3,(H,26,27)/t13-,14+,15-,16+,17-,18+,20+,21+,22-/m0/s1. The molecule has 2 saturated carbocycles. The molecule has 0 spiro atoms. The fourth-order valence-electron chi connectivity index (χ4n) is 6.69. The molecular weight excluding hydrogens is 360 g/mol. The number of aliphatic hydroxyl groups is 3. The molecule has 28 heavy (non-hydrogen) atoms. The summed E-state index contributed by atoms with van der Waals surface area (Å²) in [6, 6.07) is 0. The number of epoxide rings is 1. The summed E-state index contributed by atoms with van der Waals surface area (Å²) >= 11 is 0. The lowest BCUT2D eigenvalue weighted by molar-refractivity contribution is -0.163. The van der Waals surface area contributed by atoms with Crippen LogP contribution in [0.2, 0.25) is 0 Å². The third-order valence-corrected chi connectivity index (χ3v) is 8.63. The van der Waals surface area contributed by atoms with E-state index in [0.29, 0.717) is 12.8 Å². The number of allylic oxidation sites excluding steroid dienone is 2. The third-order valence-electron chi connectivity index (χ3n) is 8.63. The Balaban J connectivity index is 1.68. The topological polar surface area (TPSA) is 111 Å². The second-order valence-corrected chi connectivity index (χ2v) is 9.98. The molecule has 6 heteroatoms. The van der Waals surface area contributed by atoms with Crippen LogP contribution in [0.4, 0.5) is 0 Å². The molecule has 0 aromatic heterocycles. The number of carbonyl (C=O) groups is 1. The average Bonchev–Trinajstić information content (AvgIpc) is 3.37. The molecule has 1 aliphatic heterocycles. The maximum absolute atomic E-state index is 12.1. The maximum atomic E-state index is 12.1. The van der Waals surface area contributed by atoms with Gasteiger partial charge in [-0.05, 0) is 62.4 Å². The Morgan fingerprint density at radius 3 is 2.57 bits per heavy atom. The molecule has 4 aliphatic rings. The summed E-state index contributed by atoms with van der Waals surface area (Å²) in [4.78, 5) is 12.1. The van der Waals surface area contributed by atoms with E-state index >= 15 is 0 Å². The fraction of sp³-hybridized carbons (Fsp3) is 0.773. The van der Waals surface area contributed by atoms with Crippen molar-refractivity contribution >= 4 is 5.97 Å². The van der Waals surface area contributed by atoms with Crippen molar-refractivity contribution in [3.05, 3.63) is 23.8 Å². The predicted molar refractivity (Wildman–Crippen MR) is 102 cm³/mol. The van der Waals surface area contributed by atoms with Gasteiger partial charge in [-0.1, -0.05) is 31.6 Å². The van der Waals surface area contributed by atoms with Gasteiger partial charge in [-0.25, -0.2) is 0 Å². The van der Waals surface area contributed by atoms with E-state index in [1.165, 1.54) is 5.57 Å². The molecule has 3 fully saturated rings. The van der Waals surface area contributed by atoms with Gasteiger partial charge >= 0.3 is 5.97 Å². The number of aliphatic hydroxyl groups excluding tert-OH is 3. The van der Waals surface area contributed by atoms with Crippen LogP contribution < -0.4 is 0 Å². The zero-order chi connectivity index (χ0) is 20.6. The Morgan fingerprint density at radius 2 is 1.93 bits per heavy atom. The Bertz CT molecular complexity index is 745. The molecule has 0 unspecified atom stereocenters. The van der Waals surface area contributed by atoms with E-state index in [0.717, 1.165) is 19.3 Å². The maximum Gasteiger partial charge on any atom is 0.309 e. The van der Waals surface area contributed by atoms with Crippen LogP contribution >= 0.6 is 0 Å². The number of rotatable bonds is 3. The molecular formula is C22H32O6. The lowest BCUT2D eigenvalue weighted by Crippen LogP contribution is -2.56. The van der Waals surface area contributed by atoms with Gasteiger partial charge in [0, 0.05) is 0 Å². The Morgan fingerprint density at radius 1 is 1.25 bits per heavy atom. The summed E-state index contributed by atoms with van der Waals surface area (Å²) in [5.41, 5.74) is -0.636. The normalized spacial score (nSPS) is 53.1. The minimum absolute atomic E-state index is 0.000837. The summed E-state index contributed by atoms with van der Waals surface area (Å²) in [5.74, 6) is -0.719. The van der Waals surface area contributed by atoms with Crippen molar-refractivity contribution in [2.24, 2.45) is 22.7 Å². The Hall–Kier alpha value is -1.21. The number of carboxylic acids is 1. The second kappa shape index (κ2) is 6.14. The minimum atomic E-state index is -1.22. The quantitative estimate of drug-likeness (QED) is 0.432. The van der Waals surface area contributed by atoms with Gasteiger partial charge in [0.1, 0.15) is 30.0 Å². The molecule has 0 aromatic rings. The molecule has 0 radical (unpaired) electrons. The highest BCUT2D eigenvalue weighted by molar-refractivity contribution is 5.75. The van der Waals surface area contributed by atoms with Crippen LogP contribution in [0.1, 0.15) is 52.9 Å². The van der Waals surface area contributed by atoms with Crippen molar-refractivity contribution in [1.29, 1.82) is 0 Å². The highest BCUT2D eigenvalue weighted by Crippen LogP contribution is 2.64. The van der Waals surface area contributed by atoms with Crippen LogP contribution in [0.25, 0.3) is 0 Å². The summed E-state index contributed by atoms with van der Waals surface area (Å²) in [5, 5.41) is 41.5. The van der Waals surface area contributed by atoms with E-state index in [9.17, 15) is 25.2 Å². The monoisotopic (exact) mass is 392 g/mol. The van der Waals surface area contributed by atoms with Crippen molar-refractivity contribution in [1.82, 2.24) is 0 Å². The lowest BCUT2D eigenvalue weighted by Gasteiger charge is -2.56. The molecule has 0 aromatic carbocycles. The smallest absolute Gasteiger partial charge is 0.309 e. The third kappa shape index (κ3) is 2.44. The zero-order valence-electron chi connectivity index (χ0n) is 16.9. The van der Waals surface area contributed by atoms with Gasteiger partial charge in [-0.15, -0.1) is 0 Å². The van der Waals surface area contributed by atoms with Gasteiger partial charge in [-0.3, -0.25) is 4.79 Å². The van der Waals surface area contributed by atoms with Gasteiger partial charge in [0.15, 0.2) is 0 Å². The van der Waals surface area contributed by atoms with E-state index in [-0.39, 0.29) is 22.8 Å². The largest absolute Gasteiger partial charge is 0.481 e. The first kappa shape index (κ1) is 20.1. The summed E-state index contributed by atoms with van der Waals surface area (Å²) in [6.45, 7) is 9.80. The van der Waals surface area contributed by atoms with E-state index in [4.69, 9.17) is 4.74 Å². The number of ether oxygens (including phenoxy) is 1. The van der Waals surface area contributed by atoms with E-state index in [2.05, 4.69) is 26.5 Å². The molecule has 4 N–H and O–H groups in total. The molecule has 1 heterocycles. The van der Waals surface area contributed by atoms with Crippen LogP contribution in [0.3, 0.4) is 0 Å². The summed E-state index contributed by atoms with van der Waals surface area (Å²) in [7, 11) is 0. The zero-order valence-corrected chi connectivity index (χ0v) is 16.9. The molecule has 4 rings (SSSR count). The van der Waals surface area contributed by atoms with Gasteiger partial charge in [0.25, 0.3) is 0 Å². The van der Waals surface area contributed by atoms with E-state index < -0.39 is 41.4 Å². The van der Waals surface area contributed by atoms with Crippen LogP contribution in [0.15, 0.2) is 23.8 Å². The van der Waals surface area contributed by atoms with Crippen LogP contribution in [0, 0.1) is 22.7 Å². The van der Waals surface area contributed by atoms with Crippen molar-refractivity contribution in [2.75, 3.05) is 0 Å². The molecule has 156 valence electrons. The predicted octanol–water partition coefficient (Wildman–Crippen LogP) is 2.03. The number of fused-ring (bicyclic) bond motifs is 2. The van der Waals surface area contributed by atoms with Crippen molar-refractivity contribution < 1.29 is 30.0 Å². The van der Waals surface area contributed by atoms with E-state index in [1.807, 2.05) is 6.92 Å². The Labute approximate surface area is 165 Å². The SMILES string of the molecule is C=C1[C@@H](O)[C@H]2O[C@@]2(C[C@H]2C(C)=CC[C@@H]3[C@]2(C)CCC[C@@]3(C)C(=O)O)[C@@H](O)[C@H]1O. The van der Waals surface area contributed by atoms with Crippen LogP contribution in [-0.2, 0) is 9.53 Å². The number of hydrogen-bond acceptors (Lipinski definition) is 5. The Kier molecular flexibility index (Phi) is 4.41. The van der Waals surface area contributed by atoms with E-state index in [1.54, 1.807) is 0 Å². The molecule has 6 nitrogen and oxygen atoms in total. The van der Waals surface area contributed by atoms with Gasteiger partial charge in [-0.2, -0.15) is 0 Å². The first-order chi connectivity index (χ1) is 13.0. The van der Waals surface area contributed by atoms with Crippen molar-refractivity contribution in [3.8, 4) is 0 Å². The number of carboxylic acid groups (broad SMARTS) is 1. The molecule has 3 aliphatic carbocycles. The van der Waals surface area contributed by atoms with Crippen molar-refractivity contribution in [3.63, 3.8) is 0 Å². The first-order valence-electron chi connectivity index (χ1n) is 10.3.